The number of benzene rings is 2. The van der Waals surface area contributed by atoms with E-state index in [9.17, 15) is 18.3 Å². The SMILES string of the molecule is CC(=O)c1c(OS(=O)(=O)c2ccc(C)cc2)cc2c(c1O)CCC(C)(C)O2. The molecule has 1 aliphatic rings. The molecule has 0 unspecified atom stereocenters. The van der Waals surface area contributed by atoms with Crippen LogP contribution in [0.4, 0.5) is 0 Å². The molecule has 0 saturated heterocycles. The summed E-state index contributed by atoms with van der Waals surface area (Å²) < 4.78 is 36.4. The van der Waals surface area contributed by atoms with Crippen LogP contribution in [-0.4, -0.2) is 24.9 Å². The molecule has 1 N–H and O–H groups in total. The Balaban J connectivity index is 2.10. The molecule has 144 valence electrons. The minimum atomic E-state index is -4.18. The van der Waals surface area contributed by atoms with Gasteiger partial charge in [0.2, 0.25) is 0 Å². The van der Waals surface area contributed by atoms with Crippen molar-refractivity contribution in [3.63, 3.8) is 0 Å². The fraction of sp³-hybridized carbons (Fsp3) is 0.350. The highest BCUT2D eigenvalue weighted by molar-refractivity contribution is 7.87. The molecule has 2 aromatic carbocycles. The van der Waals surface area contributed by atoms with Crippen LogP contribution in [0.2, 0.25) is 0 Å². The van der Waals surface area contributed by atoms with Gasteiger partial charge in [-0.15, -0.1) is 0 Å². The number of hydrogen-bond acceptors (Lipinski definition) is 6. The van der Waals surface area contributed by atoms with Crippen LogP contribution in [0.1, 0.15) is 48.7 Å². The van der Waals surface area contributed by atoms with Crippen LogP contribution >= 0.6 is 0 Å². The van der Waals surface area contributed by atoms with Crippen molar-refractivity contribution in [3.05, 3.63) is 47.0 Å². The number of aromatic hydroxyl groups is 1. The number of phenols is 1. The highest BCUT2D eigenvalue weighted by atomic mass is 32.2. The third-order valence-electron chi connectivity index (χ3n) is 4.55. The summed E-state index contributed by atoms with van der Waals surface area (Å²) in [4.78, 5) is 12.1. The Morgan fingerprint density at radius 2 is 1.85 bits per heavy atom. The Labute approximate surface area is 158 Å². The Kier molecular flexibility index (Phi) is 4.67. The number of aryl methyl sites for hydroxylation is 1. The molecule has 1 heterocycles. The van der Waals surface area contributed by atoms with E-state index < -0.39 is 21.5 Å². The molecule has 0 fully saturated rings. The number of ether oxygens (including phenoxy) is 1. The van der Waals surface area contributed by atoms with Crippen LogP contribution in [0.25, 0.3) is 0 Å². The van der Waals surface area contributed by atoms with Gasteiger partial charge in [0.25, 0.3) is 0 Å². The molecule has 1 aliphatic heterocycles. The Hall–Kier alpha value is -2.54. The van der Waals surface area contributed by atoms with E-state index in [1.807, 2.05) is 20.8 Å². The second kappa shape index (κ2) is 6.56. The summed E-state index contributed by atoms with van der Waals surface area (Å²) in [5, 5.41) is 10.6. The molecule has 0 radical (unpaired) electrons. The van der Waals surface area contributed by atoms with E-state index in [4.69, 9.17) is 8.92 Å². The van der Waals surface area contributed by atoms with Crippen molar-refractivity contribution in [2.75, 3.05) is 0 Å². The van der Waals surface area contributed by atoms with E-state index in [0.29, 0.717) is 24.2 Å². The van der Waals surface area contributed by atoms with Gasteiger partial charge in [-0.3, -0.25) is 4.79 Å². The van der Waals surface area contributed by atoms with Gasteiger partial charge in [0.15, 0.2) is 11.5 Å². The predicted molar refractivity (Wildman–Crippen MR) is 100 cm³/mol. The van der Waals surface area contributed by atoms with E-state index >= 15 is 0 Å². The Morgan fingerprint density at radius 1 is 1.22 bits per heavy atom. The molecule has 27 heavy (non-hydrogen) atoms. The van der Waals surface area contributed by atoms with Gasteiger partial charge >= 0.3 is 10.1 Å². The lowest BCUT2D eigenvalue weighted by Crippen LogP contribution is -2.32. The van der Waals surface area contributed by atoms with Crippen LogP contribution in [0.5, 0.6) is 17.2 Å². The number of ketones is 1. The van der Waals surface area contributed by atoms with E-state index in [1.54, 1.807) is 12.1 Å². The van der Waals surface area contributed by atoms with Crippen LogP contribution in [-0.2, 0) is 16.5 Å². The lowest BCUT2D eigenvalue weighted by molar-refractivity contribution is 0.0833. The average Bonchev–Trinajstić information content (AvgIpc) is 2.53. The van der Waals surface area contributed by atoms with Crippen LogP contribution in [0.15, 0.2) is 35.2 Å². The topological polar surface area (TPSA) is 89.9 Å². The third kappa shape index (κ3) is 3.78. The zero-order chi connectivity index (χ0) is 20.0. The highest BCUT2D eigenvalue weighted by Crippen LogP contribution is 2.45. The molecule has 0 spiro atoms. The van der Waals surface area contributed by atoms with Crippen molar-refractivity contribution in [3.8, 4) is 17.2 Å². The van der Waals surface area contributed by atoms with E-state index in [0.717, 1.165) is 5.56 Å². The van der Waals surface area contributed by atoms with Crippen LogP contribution < -0.4 is 8.92 Å². The molecule has 0 aromatic heterocycles. The van der Waals surface area contributed by atoms with Gasteiger partial charge in [0.1, 0.15) is 27.6 Å². The third-order valence-corrected chi connectivity index (χ3v) is 5.80. The van der Waals surface area contributed by atoms with Crippen molar-refractivity contribution >= 4 is 15.9 Å². The van der Waals surface area contributed by atoms with Gasteiger partial charge in [-0.1, -0.05) is 17.7 Å². The van der Waals surface area contributed by atoms with Gasteiger partial charge in [-0.2, -0.15) is 8.42 Å². The largest absolute Gasteiger partial charge is 0.507 e. The van der Waals surface area contributed by atoms with Gasteiger partial charge in [0, 0.05) is 11.6 Å². The smallest absolute Gasteiger partial charge is 0.339 e. The molecule has 0 atom stereocenters. The summed E-state index contributed by atoms with van der Waals surface area (Å²) >= 11 is 0. The molecular formula is C20H22O6S. The minimum Gasteiger partial charge on any atom is -0.507 e. The van der Waals surface area contributed by atoms with Gasteiger partial charge in [-0.25, -0.2) is 0 Å². The molecule has 0 bridgehead atoms. The number of phenolic OH excluding ortho intramolecular Hbond substituents is 1. The average molecular weight is 390 g/mol. The van der Waals surface area contributed by atoms with Crippen molar-refractivity contribution in [1.29, 1.82) is 0 Å². The summed E-state index contributed by atoms with van der Waals surface area (Å²) in [7, 11) is -4.18. The number of carbonyl (C=O) groups excluding carboxylic acids is 1. The fourth-order valence-electron chi connectivity index (χ4n) is 3.05. The minimum absolute atomic E-state index is 0.0407. The molecule has 6 nitrogen and oxygen atoms in total. The number of rotatable bonds is 4. The summed E-state index contributed by atoms with van der Waals surface area (Å²) in [5.41, 5.74) is 0.761. The number of Topliss-reactive ketones (excluding diaryl/α,β-unsaturated/α-hetero) is 1. The lowest BCUT2D eigenvalue weighted by atomic mass is 9.91. The summed E-state index contributed by atoms with van der Waals surface area (Å²) in [5.74, 6) is -0.696. The monoisotopic (exact) mass is 390 g/mol. The number of carbonyl (C=O) groups is 1. The first-order chi connectivity index (χ1) is 12.5. The zero-order valence-electron chi connectivity index (χ0n) is 15.7. The Bertz CT molecular complexity index is 1000. The molecule has 0 aliphatic carbocycles. The number of hydrogen-bond donors (Lipinski definition) is 1. The van der Waals surface area contributed by atoms with Crippen molar-refractivity contribution in [2.24, 2.45) is 0 Å². The zero-order valence-corrected chi connectivity index (χ0v) is 16.5. The molecule has 0 amide bonds. The summed E-state index contributed by atoms with van der Waals surface area (Å²) in [6.45, 7) is 6.89. The van der Waals surface area contributed by atoms with Crippen molar-refractivity contribution < 1.29 is 27.2 Å². The predicted octanol–water partition coefficient (Wildman–Crippen LogP) is 3.77. The number of fused-ring (bicyclic) bond motifs is 1. The van der Waals surface area contributed by atoms with Gasteiger partial charge in [-0.05, 0) is 52.7 Å². The molecule has 0 saturated carbocycles. The maximum atomic E-state index is 12.6. The molecule has 7 heteroatoms. The normalized spacial score (nSPS) is 15.6. The van der Waals surface area contributed by atoms with Gasteiger partial charge in [0.05, 0.1) is 0 Å². The van der Waals surface area contributed by atoms with Crippen LogP contribution in [0.3, 0.4) is 0 Å². The van der Waals surface area contributed by atoms with Crippen molar-refractivity contribution in [1.82, 2.24) is 0 Å². The maximum absolute atomic E-state index is 12.6. The van der Waals surface area contributed by atoms with Crippen LogP contribution in [0, 0.1) is 6.92 Å². The lowest BCUT2D eigenvalue weighted by Gasteiger charge is -2.33. The van der Waals surface area contributed by atoms with Crippen molar-refractivity contribution in [2.45, 2.75) is 51.0 Å². The maximum Gasteiger partial charge on any atom is 0.339 e. The first kappa shape index (κ1) is 19.2. The standard InChI is InChI=1S/C20H22O6S/c1-12-5-7-14(8-6-12)27(23,24)26-17-11-16-15(9-10-20(3,4)25-16)19(22)18(17)13(2)21/h5-8,11,22H,9-10H2,1-4H3. The Morgan fingerprint density at radius 3 is 2.44 bits per heavy atom. The summed E-state index contributed by atoms with van der Waals surface area (Å²) in [6.07, 6.45) is 1.17. The second-order valence-corrected chi connectivity index (χ2v) is 8.89. The molecular weight excluding hydrogens is 368 g/mol. The second-order valence-electron chi connectivity index (χ2n) is 7.34. The summed E-state index contributed by atoms with van der Waals surface area (Å²) in [6, 6.07) is 7.53. The first-order valence-corrected chi connectivity index (χ1v) is 10.0. The fourth-order valence-corrected chi connectivity index (χ4v) is 3.98. The molecule has 2 aromatic rings. The van der Waals surface area contributed by atoms with E-state index in [1.165, 1.54) is 25.1 Å². The molecule has 3 rings (SSSR count). The first-order valence-electron chi connectivity index (χ1n) is 8.60. The van der Waals surface area contributed by atoms with E-state index in [2.05, 4.69) is 0 Å². The van der Waals surface area contributed by atoms with E-state index in [-0.39, 0.29) is 22.0 Å². The van der Waals surface area contributed by atoms with Gasteiger partial charge < -0.3 is 14.0 Å². The highest BCUT2D eigenvalue weighted by Gasteiger charge is 2.33. The quantitative estimate of drug-likeness (QED) is 0.631.